The third-order valence-electron chi connectivity index (χ3n) is 9.55. The smallest absolute Gasteiger partial charge is 0.263 e. The van der Waals surface area contributed by atoms with Crippen LogP contribution >= 0.6 is 11.8 Å². The zero-order valence-corrected chi connectivity index (χ0v) is 22.7. The summed E-state index contributed by atoms with van der Waals surface area (Å²) in [5.41, 5.74) is 3.47. The molecule has 1 saturated heterocycles. The van der Waals surface area contributed by atoms with E-state index in [4.69, 9.17) is 0 Å². The maximum atomic E-state index is 13.3. The van der Waals surface area contributed by atoms with Gasteiger partial charge in [0.05, 0.1) is 11.1 Å². The Kier molecular flexibility index (Phi) is 6.16. The first-order chi connectivity index (χ1) is 18.9. The molecule has 0 radical (unpaired) electrons. The molecule has 202 valence electrons. The second-order valence-electron chi connectivity index (χ2n) is 12.3. The van der Waals surface area contributed by atoms with Crippen molar-refractivity contribution in [2.45, 2.75) is 80.1 Å². The van der Waals surface area contributed by atoms with Gasteiger partial charge >= 0.3 is 0 Å². The van der Waals surface area contributed by atoms with Crippen molar-refractivity contribution in [3.8, 4) is 0 Å². The fraction of sp³-hybridized carbons (Fsp3) is 0.484. The number of fused-ring (bicyclic) bond motifs is 1. The van der Waals surface area contributed by atoms with E-state index >= 15 is 0 Å². The maximum absolute atomic E-state index is 13.3. The highest BCUT2D eigenvalue weighted by molar-refractivity contribution is 7.98. The summed E-state index contributed by atoms with van der Waals surface area (Å²) in [5.74, 6) is 1.56. The lowest BCUT2D eigenvalue weighted by Crippen LogP contribution is -2.58. The Morgan fingerprint density at radius 1 is 0.872 bits per heavy atom. The van der Waals surface area contributed by atoms with Crippen LogP contribution in [0.15, 0.2) is 47.4 Å². The Bertz CT molecular complexity index is 1340. The molecule has 7 nitrogen and oxygen atoms in total. The van der Waals surface area contributed by atoms with E-state index in [1.165, 1.54) is 55.9 Å². The van der Waals surface area contributed by atoms with Gasteiger partial charge in [0.15, 0.2) is 0 Å². The first-order valence-electron chi connectivity index (χ1n) is 14.2. The Hall–Kier alpha value is -2.97. The van der Waals surface area contributed by atoms with Gasteiger partial charge in [-0.1, -0.05) is 30.3 Å². The van der Waals surface area contributed by atoms with Gasteiger partial charge in [-0.25, -0.2) is 0 Å². The third kappa shape index (κ3) is 4.51. The predicted molar refractivity (Wildman–Crippen MR) is 147 cm³/mol. The zero-order valence-electron chi connectivity index (χ0n) is 21.9. The standard InChI is InChI=1S/C31H33N3O4S/c35-26-9-8-24(28(36)33-26)34-29(37)23-2-1-3-25(27(23)30(34)38)39-17-19-6-4-18(5-7-19)16-32-31-13-20-10-21(14-31)12-22(11-20)15-31/h1-7,20-22,24,32H,8-17H2,(H,33,35,36). The highest BCUT2D eigenvalue weighted by Gasteiger charge is 2.50. The van der Waals surface area contributed by atoms with E-state index in [2.05, 4.69) is 34.9 Å². The molecule has 0 aromatic heterocycles. The summed E-state index contributed by atoms with van der Waals surface area (Å²) in [5, 5.41) is 6.22. The number of benzene rings is 2. The fourth-order valence-electron chi connectivity index (χ4n) is 8.14. The van der Waals surface area contributed by atoms with Gasteiger partial charge in [-0.05, 0) is 86.0 Å². The van der Waals surface area contributed by atoms with Gasteiger partial charge in [0.1, 0.15) is 6.04 Å². The predicted octanol–water partition coefficient (Wildman–Crippen LogP) is 4.44. The van der Waals surface area contributed by atoms with Gasteiger partial charge in [-0.3, -0.25) is 29.4 Å². The quantitative estimate of drug-likeness (QED) is 0.396. The van der Waals surface area contributed by atoms with Crippen LogP contribution in [0, 0.1) is 17.8 Å². The van der Waals surface area contributed by atoms with E-state index in [1.807, 2.05) is 6.07 Å². The van der Waals surface area contributed by atoms with E-state index in [0.717, 1.165) is 39.7 Å². The number of rotatable bonds is 7. The minimum Gasteiger partial charge on any atom is -0.307 e. The summed E-state index contributed by atoms with van der Waals surface area (Å²) < 4.78 is 0. The second-order valence-corrected chi connectivity index (χ2v) is 13.3. The first kappa shape index (κ1) is 25.0. The summed E-state index contributed by atoms with van der Waals surface area (Å²) in [6, 6.07) is 13.0. The number of amides is 4. The highest BCUT2D eigenvalue weighted by Crippen LogP contribution is 2.55. The van der Waals surface area contributed by atoms with Gasteiger partial charge in [0, 0.05) is 29.2 Å². The van der Waals surface area contributed by atoms with Gasteiger partial charge in [-0.15, -0.1) is 11.8 Å². The molecule has 6 aliphatic rings. The lowest BCUT2D eigenvalue weighted by Gasteiger charge is -2.57. The van der Waals surface area contributed by atoms with E-state index < -0.39 is 23.8 Å². The van der Waals surface area contributed by atoms with Crippen molar-refractivity contribution in [1.29, 1.82) is 0 Å². The average molecular weight is 544 g/mol. The molecule has 4 aliphatic carbocycles. The van der Waals surface area contributed by atoms with Gasteiger partial charge in [0.2, 0.25) is 11.8 Å². The van der Waals surface area contributed by atoms with Crippen LogP contribution < -0.4 is 10.6 Å². The zero-order chi connectivity index (χ0) is 26.7. The van der Waals surface area contributed by atoms with Crippen LogP contribution in [-0.4, -0.2) is 40.1 Å². The summed E-state index contributed by atoms with van der Waals surface area (Å²) >= 11 is 1.52. The van der Waals surface area contributed by atoms with Crippen molar-refractivity contribution >= 4 is 35.4 Å². The number of nitrogens with one attached hydrogen (secondary N) is 2. The van der Waals surface area contributed by atoms with E-state index in [-0.39, 0.29) is 18.7 Å². The largest absolute Gasteiger partial charge is 0.307 e. The summed E-state index contributed by atoms with van der Waals surface area (Å²) in [6.45, 7) is 0.901. The minimum atomic E-state index is -0.951. The van der Waals surface area contributed by atoms with Crippen molar-refractivity contribution in [2.75, 3.05) is 0 Å². The van der Waals surface area contributed by atoms with Crippen molar-refractivity contribution < 1.29 is 19.2 Å². The Labute approximate surface area is 232 Å². The first-order valence-corrected chi connectivity index (χ1v) is 15.2. The topological polar surface area (TPSA) is 95.6 Å². The number of hydrogen-bond donors (Lipinski definition) is 2. The molecule has 2 aliphatic heterocycles. The fourth-order valence-corrected chi connectivity index (χ4v) is 9.17. The third-order valence-corrected chi connectivity index (χ3v) is 10.7. The van der Waals surface area contributed by atoms with E-state index in [0.29, 0.717) is 22.4 Å². The number of nitrogens with zero attached hydrogens (tertiary/aromatic N) is 1. The van der Waals surface area contributed by atoms with Crippen LogP contribution in [0.2, 0.25) is 0 Å². The number of imide groups is 2. The van der Waals surface area contributed by atoms with Crippen molar-refractivity contribution in [3.05, 3.63) is 64.7 Å². The van der Waals surface area contributed by atoms with Crippen LogP contribution in [0.5, 0.6) is 0 Å². The van der Waals surface area contributed by atoms with Crippen LogP contribution in [0.25, 0.3) is 0 Å². The Morgan fingerprint density at radius 2 is 1.54 bits per heavy atom. The molecule has 5 fully saturated rings. The summed E-state index contributed by atoms with van der Waals surface area (Å²) in [4.78, 5) is 52.1. The molecule has 8 heteroatoms. The van der Waals surface area contributed by atoms with Crippen LogP contribution in [0.1, 0.15) is 83.2 Å². The molecule has 1 unspecified atom stereocenters. The van der Waals surface area contributed by atoms with Gasteiger partial charge < -0.3 is 5.32 Å². The molecule has 4 amide bonds. The molecule has 4 bridgehead atoms. The van der Waals surface area contributed by atoms with E-state index in [1.54, 1.807) is 12.1 Å². The maximum Gasteiger partial charge on any atom is 0.263 e. The summed E-state index contributed by atoms with van der Waals surface area (Å²) in [7, 11) is 0. The van der Waals surface area contributed by atoms with Crippen LogP contribution in [-0.2, 0) is 21.9 Å². The van der Waals surface area contributed by atoms with Gasteiger partial charge in [-0.2, -0.15) is 0 Å². The molecule has 2 aromatic carbocycles. The minimum absolute atomic E-state index is 0.111. The van der Waals surface area contributed by atoms with Crippen molar-refractivity contribution in [3.63, 3.8) is 0 Å². The number of hydrogen-bond acceptors (Lipinski definition) is 6. The molecule has 39 heavy (non-hydrogen) atoms. The molecular formula is C31H33N3O4S. The monoisotopic (exact) mass is 543 g/mol. The molecule has 2 aromatic rings. The van der Waals surface area contributed by atoms with Crippen molar-refractivity contribution in [1.82, 2.24) is 15.5 Å². The molecule has 2 N–H and O–H groups in total. The average Bonchev–Trinajstić information content (AvgIpc) is 3.16. The molecule has 1 atom stereocenters. The summed E-state index contributed by atoms with van der Waals surface area (Å²) in [6.07, 6.45) is 8.65. The lowest BCUT2D eigenvalue weighted by molar-refractivity contribution is -0.136. The molecule has 4 saturated carbocycles. The molecule has 0 spiro atoms. The second kappa shape index (κ2) is 9.59. The molecule has 8 rings (SSSR count). The van der Waals surface area contributed by atoms with Gasteiger partial charge in [0.25, 0.3) is 11.8 Å². The van der Waals surface area contributed by atoms with Crippen molar-refractivity contribution in [2.24, 2.45) is 17.8 Å². The number of carbonyl (C=O) groups excluding carboxylic acids is 4. The van der Waals surface area contributed by atoms with E-state index in [9.17, 15) is 19.2 Å². The molecular weight excluding hydrogens is 510 g/mol. The number of carbonyl (C=O) groups is 4. The SMILES string of the molecule is O=C1CCC(N2C(=O)c3cccc(SCc4ccc(CNC56CC7CC(CC(C7)C5)C6)cc4)c3C2=O)C(=O)N1. The lowest BCUT2D eigenvalue weighted by atomic mass is 9.53. The number of piperidine rings is 1. The Morgan fingerprint density at radius 3 is 2.21 bits per heavy atom. The number of thioether (sulfide) groups is 1. The van der Waals surface area contributed by atoms with Crippen LogP contribution in [0.4, 0.5) is 0 Å². The Balaban J connectivity index is 0.998. The van der Waals surface area contributed by atoms with Crippen LogP contribution in [0.3, 0.4) is 0 Å². The molecule has 2 heterocycles. The normalized spacial score (nSPS) is 31.1. The highest BCUT2D eigenvalue weighted by atomic mass is 32.2.